The van der Waals surface area contributed by atoms with E-state index in [1.165, 1.54) is 0 Å². The SMILES string of the molecule is CCCC(S)(CC(N)C(=O)O)C(C)CC. The fraction of sp³-hybridized carbons (Fsp3) is 0.909. The third-order valence-electron chi connectivity index (χ3n) is 3.10. The highest BCUT2D eigenvalue weighted by atomic mass is 32.1. The summed E-state index contributed by atoms with van der Waals surface area (Å²) >= 11 is 4.66. The van der Waals surface area contributed by atoms with E-state index in [2.05, 4.69) is 33.4 Å². The lowest BCUT2D eigenvalue weighted by atomic mass is 9.82. The summed E-state index contributed by atoms with van der Waals surface area (Å²) in [5, 5.41) is 8.81. The van der Waals surface area contributed by atoms with Crippen molar-refractivity contribution in [2.75, 3.05) is 0 Å². The molecule has 0 radical (unpaired) electrons. The van der Waals surface area contributed by atoms with E-state index in [0.29, 0.717) is 12.3 Å². The highest BCUT2D eigenvalue weighted by molar-refractivity contribution is 7.81. The number of hydrogen-bond acceptors (Lipinski definition) is 3. The Balaban J connectivity index is 4.56. The summed E-state index contributed by atoms with van der Waals surface area (Å²) in [6.07, 6.45) is 3.34. The van der Waals surface area contributed by atoms with Crippen LogP contribution in [0.25, 0.3) is 0 Å². The van der Waals surface area contributed by atoms with Crippen LogP contribution in [0.1, 0.15) is 46.5 Å². The zero-order valence-electron chi connectivity index (χ0n) is 9.86. The molecular weight excluding hydrogens is 210 g/mol. The Labute approximate surface area is 97.8 Å². The van der Waals surface area contributed by atoms with Crippen molar-refractivity contribution < 1.29 is 9.90 Å². The van der Waals surface area contributed by atoms with Crippen LogP contribution in [-0.4, -0.2) is 21.9 Å². The van der Waals surface area contributed by atoms with Gasteiger partial charge in [-0.15, -0.1) is 0 Å². The Hall–Kier alpha value is -0.220. The maximum atomic E-state index is 10.7. The van der Waals surface area contributed by atoms with Gasteiger partial charge in [-0.3, -0.25) is 4.79 Å². The Morgan fingerprint density at radius 1 is 1.53 bits per heavy atom. The van der Waals surface area contributed by atoms with Gasteiger partial charge >= 0.3 is 5.97 Å². The van der Waals surface area contributed by atoms with Crippen LogP contribution in [0.2, 0.25) is 0 Å². The van der Waals surface area contributed by atoms with Gasteiger partial charge in [0.25, 0.3) is 0 Å². The third kappa shape index (κ3) is 4.43. The van der Waals surface area contributed by atoms with Crippen molar-refractivity contribution in [1.82, 2.24) is 0 Å². The van der Waals surface area contributed by atoms with Gasteiger partial charge < -0.3 is 10.8 Å². The summed E-state index contributed by atoms with van der Waals surface area (Å²) < 4.78 is -0.249. The number of hydrogen-bond donors (Lipinski definition) is 3. The molecule has 3 unspecified atom stereocenters. The molecule has 0 spiro atoms. The van der Waals surface area contributed by atoms with Gasteiger partial charge in [0.2, 0.25) is 0 Å². The molecule has 0 saturated heterocycles. The number of aliphatic carboxylic acids is 1. The molecule has 0 bridgehead atoms. The van der Waals surface area contributed by atoms with Gasteiger partial charge in [0, 0.05) is 4.75 Å². The van der Waals surface area contributed by atoms with Crippen molar-refractivity contribution in [1.29, 1.82) is 0 Å². The van der Waals surface area contributed by atoms with E-state index in [9.17, 15) is 4.79 Å². The van der Waals surface area contributed by atoms with E-state index < -0.39 is 12.0 Å². The molecule has 0 aromatic heterocycles. The van der Waals surface area contributed by atoms with Crippen LogP contribution in [0.5, 0.6) is 0 Å². The predicted octanol–water partition coefficient (Wildman–Crippen LogP) is 2.30. The molecule has 3 N–H and O–H groups in total. The van der Waals surface area contributed by atoms with Gasteiger partial charge in [-0.25, -0.2) is 0 Å². The Morgan fingerprint density at radius 2 is 2.07 bits per heavy atom. The number of rotatable bonds is 7. The molecule has 4 heteroatoms. The average Bonchev–Trinajstić information content (AvgIpc) is 2.16. The van der Waals surface area contributed by atoms with Crippen LogP contribution in [0, 0.1) is 5.92 Å². The van der Waals surface area contributed by atoms with E-state index >= 15 is 0 Å². The van der Waals surface area contributed by atoms with Crippen molar-refractivity contribution >= 4 is 18.6 Å². The smallest absolute Gasteiger partial charge is 0.320 e. The van der Waals surface area contributed by atoms with Gasteiger partial charge in [-0.1, -0.05) is 33.6 Å². The quantitative estimate of drug-likeness (QED) is 0.591. The summed E-state index contributed by atoms with van der Waals surface area (Å²) in [4.78, 5) is 10.7. The number of thiol groups is 1. The van der Waals surface area contributed by atoms with E-state index in [4.69, 9.17) is 10.8 Å². The topological polar surface area (TPSA) is 63.3 Å². The highest BCUT2D eigenvalue weighted by Gasteiger charge is 2.34. The maximum absolute atomic E-state index is 10.7. The lowest BCUT2D eigenvalue weighted by Gasteiger charge is -2.35. The second kappa shape index (κ2) is 6.38. The Bertz CT molecular complexity index is 211. The molecule has 0 heterocycles. The first-order valence-electron chi connectivity index (χ1n) is 5.58. The van der Waals surface area contributed by atoms with Crippen molar-refractivity contribution in [3.05, 3.63) is 0 Å². The van der Waals surface area contributed by atoms with Crippen molar-refractivity contribution in [2.45, 2.75) is 57.2 Å². The number of carboxylic acid groups (broad SMARTS) is 1. The molecule has 3 atom stereocenters. The number of nitrogens with two attached hydrogens (primary N) is 1. The second-order valence-electron chi connectivity index (χ2n) is 4.31. The summed E-state index contributed by atoms with van der Waals surface area (Å²) in [5.74, 6) is -0.556. The minimum atomic E-state index is -0.937. The van der Waals surface area contributed by atoms with Crippen LogP contribution in [0.4, 0.5) is 0 Å². The largest absolute Gasteiger partial charge is 0.480 e. The average molecular weight is 233 g/mol. The number of carbonyl (C=O) groups is 1. The second-order valence-corrected chi connectivity index (χ2v) is 5.20. The normalized spacial score (nSPS) is 19.3. The van der Waals surface area contributed by atoms with Crippen LogP contribution in [0.3, 0.4) is 0 Å². The fourth-order valence-corrected chi connectivity index (χ4v) is 2.43. The fourth-order valence-electron chi connectivity index (χ4n) is 1.83. The molecule has 0 aliphatic heterocycles. The maximum Gasteiger partial charge on any atom is 0.320 e. The van der Waals surface area contributed by atoms with Crippen LogP contribution >= 0.6 is 12.6 Å². The molecule has 3 nitrogen and oxygen atoms in total. The van der Waals surface area contributed by atoms with E-state index in [-0.39, 0.29) is 4.75 Å². The molecule has 0 aromatic carbocycles. The highest BCUT2D eigenvalue weighted by Crippen LogP contribution is 2.36. The molecule has 0 aromatic rings. The molecule has 0 fully saturated rings. The van der Waals surface area contributed by atoms with Gasteiger partial charge in [0.1, 0.15) is 6.04 Å². The van der Waals surface area contributed by atoms with E-state index in [0.717, 1.165) is 19.3 Å². The van der Waals surface area contributed by atoms with E-state index in [1.807, 2.05) is 0 Å². The molecule has 90 valence electrons. The van der Waals surface area contributed by atoms with Gasteiger partial charge in [0.05, 0.1) is 0 Å². The summed E-state index contributed by atoms with van der Waals surface area (Å²) in [6, 6.07) is -0.803. The van der Waals surface area contributed by atoms with Gasteiger partial charge in [0.15, 0.2) is 0 Å². The summed E-state index contributed by atoms with van der Waals surface area (Å²) in [6.45, 7) is 6.29. The molecule has 0 amide bonds. The number of carboxylic acids is 1. The Kier molecular flexibility index (Phi) is 6.29. The lowest BCUT2D eigenvalue weighted by Crippen LogP contribution is -2.41. The molecule has 15 heavy (non-hydrogen) atoms. The van der Waals surface area contributed by atoms with Crippen LogP contribution in [0.15, 0.2) is 0 Å². The molecule has 0 aliphatic rings. The van der Waals surface area contributed by atoms with E-state index in [1.54, 1.807) is 0 Å². The monoisotopic (exact) mass is 233 g/mol. The third-order valence-corrected chi connectivity index (χ3v) is 3.95. The minimum absolute atomic E-state index is 0.249. The van der Waals surface area contributed by atoms with Crippen molar-refractivity contribution in [2.24, 2.45) is 11.7 Å². The summed E-state index contributed by atoms with van der Waals surface area (Å²) in [7, 11) is 0. The Morgan fingerprint density at radius 3 is 2.40 bits per heavy atom. The lowest BCUT2D eigenvalue weighted by molar-refractivity contribution is -0.138. The minimum Gasteiger partial charge on any atom is -0.480 e. The predicted molar refractivity (Wildman–Crippen MR) is 66.3 cm³/mol. The van der Waals surface area contributed by atoms with Gasteiger partial charge in [-0.05, 0) is 18.8 Å². The van der Waals surface area contributed by atoms with Crippen molar-refractivity contribution in [3.8, 4) is 0 Å². The van der Waals surface area contributed by atoms with Crippen molar-refractivity contribution in [3.63, 3.8) is 0 Å². The van der Waals surface area contributed by atoms with Crippen LogP contribution < -0.4 is 5.73 Å². The zero-order chi connectivity index (χ0) is 12.1. The molecule has 0 aliphatic carbocycles. The zero-order valence-corrected chi connectivity index (χ0v) is 10.8. The molecular formula is C11H23NO2S. The first kappa shape index (κ1) is 14.8. The van der Waals surface area contributed by atoms with Crippen LogP contribution in [-0.2, 0) is 4.79 Å². The first-order valence-corrected chi connectivity index (χ1v) is 6.02. The standard InChI is InChI=1S/C11H23NO2S/c1-4-6-11(15,8(3)5-2)7-9(12)10(13)14/h8-9,15H,4-7,12H2,1-3H3,(H,13,14). The van der Waals surface area contributed by atoms with Gasteiger partial charge in [-0.2, -0.15) is 12.6 Å². The molecule has 0 saturated carbocycles. The first-order chi connectivity index (χ1) is 6.87. The summed E-state index contributed by atoms with van der Waals surface area (Å²) in [5.41, 5.74) is 5.58. The molecule has 0 rings (SSSR count).